The van der Waals surface area contributed by atoms with Crippen LogP contribution in [-0.4, -0.2) is 24.1 Å². The highest BCUT2D eigenvalue weighted by Gasteiger charge is 2.30. The number of nitrogens with one attached hydrogen (secondary N) is 1. The van der Waals surface area contributed by atoms with Crippen LogP contribution in [0.25, 0.3) is 0 Å². The predicted molar refractivity (Wildman–Crippen MR) is 57.8 cm³/mol. The van der Waals surface area contributed by atoms with E-state index in [0.717, 1.165) is 12.2 Å². The summed E-state index contributed by atoms with van der Waals surface area (Å²) < 4.78 is 0. The maximum Gasteiger partial charge on any atom is 0.152 e. The van der Waals surface area contributed by atoms with E-state index in [0.29, 0.717) is 6.04 Å². The van der Waals surface area contributed by atoms with E-state index in [-0.39, 0.29) is 0 Å². The lowest BCUT2D eigenvalue weighted by Gasteiger charge is -2.33. The Bertz CT molecular complexity index is 362. The van der Waals surface area contributed by atoms with Crippen molar-refractivity contribution in [3.63, 3.8) is 0 Å². The van der Waals surface area contributed by atoms with Crippen molar-refractivity contribution in [1.29, 1.82) is 0 Å². The van der Waals surface area contributed by atoms with Crippen molar-refractivity contribution in [3.8, 4) is 0 Å². The van der Waals surface area contributed by atoms with E-state index >= 15 is 0 Å². The molecule has 3 rings (SSSR count). The summed E-state index contributed by atoms with van der Waals surface area (Å²) in [6, 6.07) is 4.89. The van der Waals surface area contributed by atoms with E-state index in [1.54, 1.807) is 0 Å². The zero-order valence-corrected chi connectivity index (χ0v) is 8.45. The number of hydrogen-bond donors (Lipinski definition) is 1. The van der Waals surface area contributed by atoms with Gasteiger partial charge in [0.15, 0.2) is 5.82 Å². The molecule has 0 radical (unpaired) electrons. The van der Waals surface area contributed by atoms with Crippen molar-refractivity contribution in [2.24, 2.45) is 0 Å². The molecule has 0 amide bonds. The van der Waals surface area contributed by atoms with Crippen molar-refractivity contribution < 1.29 is 0 Å². The minimum absolute atomic E-state index is 0.678. The first-order chi connectivity index (χ1) is 6.84. The van der Waals surface area contributed by atoms with Crippen LogP contribution in [0.3, 0.4) is 0 Å². The van der Waals surface area contributed by atoms with Crippen LogP contribution < -0.4 is 10.2 Å². The summed E-state index contributed by atoms with van der Waals surface area (Å²) in [5, 5.41) is 3.46. The summed E-state index contributed by atoms with van der Waals surface area (Å²) in [6.07, 6.45) is 2.61. The van der Waals surface area contributed by atoms with Crippen LogP contribution in [-0.2, 0) is 0 Å². The normalized spacial score (nSPS) is 24.1. The number of fused-ring (bicyclic) bond motifs is 3. The fraction of sp³-hybridized carbons (Fsp3) is 0.545. The second kappa shape index (κ2) is 2.87. The van der Waals surface area contributed by atoms with E-state index in [1.165, 1.54) is 30.9 Å². The smallest absolute Gasteiger partial charge is 0.152 e. The number of anilines is 2. The Balaban J connectivity index is 2.07. The van der Waals surface area contributed by atoms with Gasteiger partial charge >= 0.3 is 0 Å². The molecule has 2 aliphatic heterocycles. The van der Waals surface area contributed by atoms with Gasteiger partial charge in [-0.3, -0.25) is 0 Å². The molecule has 3 heterocycles. The molecule has 1 aromatic rings. The van der Waals surface area contributed by atoms with Gasteiger partial charge in [-0.05, 0) is 31.9 Å². The molecule has 3 nitrogen and oxygen atoms in total. The monoisotopic (exact) mass is 189 g/mol. The molecule has 1 atom stereocenters. The maximum absolute atomic E-state index is 4.62. The Labute approximate surface area is 84.1 Å². The third-order valence-corrected chi connectivity index (χ3v) is 3.19. The minimum Gasteiger partial charge on any atom is -0.380 e. The minimum atomic E-state index is 0.678. The van der Waals surface area contributed by atoms with E-state index in [1.807, 2.05) is 0 Å². The second-order valence-electron chi connectivity index (χ2n) is 4.19. The lowest BCUT2D eigenvalue weighted by atomic mass is 10.1. The van der Waals surface area contributed by atoms with Crippen molar-refractivity contribution >= 4 is 11.5 Å². The Kier molecular flexibility index (Phi) is 1.66. The van der Waals surface area contributed by atoms with Gasteiger partial charge in [0, 0.05) is 24.8 Å². The Hall–Kier alpha value is -1.25. The fourth-order valence-electron chi connectivity index (χ4n) is 2.45. The number of rotatable bonds is 0. The molecule has 1 unspecified atom stereocenters. The Morgan fingerprint density at radius 2 is 2.43 bits per heavy atom. The standard InChI is InChI=1S/C11H15N3/c1-8-4-5-10-11(13-8)14-6-2-3-9(14)7-12-10/h4-5,9,12H,2-3,6-7H2,1H3. The van der Waals surface area contributed by atoms with Crippen LogP contribution in [0.1, 0.15) is 18.5 Å². The molecule has 0 aromatic carbocycles. The van der Waals surface area contributed by atoms with Crippen LogP contribution >= 0.6 is 0 Å². The summed E-state index contributed by atoms with van der Waals surface area (Å²) in [6.45, 7) is 4.31. The molecule has 1 aromatic heterocycles. The summed E-state index contributed by atoms with van der Waals surface area (Å²) in [4.78, 5) is 7.08. The van der Waals surface area contributed by atoms with Gasteiger partial charge in [-0.15, -0.1) is 0 Å². The highest BCUT2D eigenvalue weighted by molar-refractivity contribution is 5.69. The number of pyridine rings is 1. The third-order valence-electron chi connectivity index (χ3n) is 3.19. The van der Waals surface area contributed by atoms with Crippen LogP contribution in [0.4, 0.5) is 11.5 Å². The first-order valence-corrected chi connectivity index (χ1v) is 5.33. The highest BCUT2D eigenvalue weighted by atomic mass is 15.3. The third kappa shape index (κ3) is 1.08. The fourth-order valence-corrected chi connectivity index (χ4v) is 2.45. The highest BCUT2D eigenvalue weighted by Crippen LogP contribution is 2.34. The largest absolute Gasteiger partial charge is 0.380 e. The molecule has 0 aliphatic carbocycles. The molecule has 74 valence electrons. The first-order valence-electron chi connectivity index (χ1n) is 5.33. The van der Waals surface area contributed by atoms with Crippen LogP contribution in [0.2, 0.25) is 0 Å². The van der Waals surface area contributed by atoms with Gasteiger partial charge in [-0.25, -0.2) is 4.98 Å². The lowest BCUT2D eigenvalue weighted by molar-refractivity contribution is 0.674. The van der Waals surface area contributed by atoms with Crippen molar-refractivity contribution in [1.82, 2.24) is 4.98 Å². The van der Waals surface area contributed by atoms with Gasteiger partial charge in [0.25, 0.3) is 0 Å². The second-order valence-corrected chi connectivity index (χ2v) is 4.19. The van der Waals surface area contributed by atoms with Crippen molar-refractivity contribution in [2.75, 3.05) is 23.3 Å². The molecule has 0 spiro atoms. The average Bonchev–Trinajstić information content (AvgIpc) is 2.65. The zero-order valence-electron chi connectivity index (χ0n) is 8.45. The Morgan fingerprint density at radius 3 is 3.36 bits per heavy atom. The SMILES string of the molecule is Cc1ccc2c(n1)N1CCCC1CN2. The van der Waals surface area contributed by atoms with E-state index in [9.17, 15) is 0 Å². The summed E-state index contributed by atoms with van der Waals surface area (Å²) >= 11 is 0. The van der Waals surface area contributed by atoms with E-state index < -0.39 is 0 Å². The molecule has 0 saturated carbocycles. The van der Waals surface area contributed by atoms with Gasteiger partial charge in [-0.2, -0.15) is 0 Å². The van der Waals surface area contributed by atoms with Gasteiger partial charge in [0.1, 0.15) is 0 Å². The summed E-state index contributed by atoms with van der Waals surface area (Å²) in [5.41, 5.74) is 2.31. The number of nitrogens with zero attached hydrogens (tertiary/aromatic N) is 2. The van der Waals surface area contributed by atoms with Gasteiger partial charge in [-0.1, -0.05) is 0 Å². The van der Waals surface area contributed by atoms with Crippen LogP contribution in [0, 0.1) is 6.92 Å². The number of aromatic nitrogens is 1. The quantitative estimate of drug-likeness (QED) is 0.674. The maximum atomic E-state index is 4.62. The average molecular weight is 189 g/mol. The molecule has 1 fully saturated rings. The molecular weight excluding hydrogens is 174 g/mol. The van der Waals surface area contributed by atoms with Crippen LogP contribution in [0.15, 0.2) is 12.1 Å². The molecule has 1 N–H and O–H groups in total. The first kappa shape index (κ1) is 8.09. The molecule has 14 heavy (non-hydrogen) atoms. The molecule has 0 bridgehead atoms. The zero-order chi connectivity index (χ0) is 9.54. The Morgan fingerprint density at radius 1 is 1.50 bits per heavy atom. The lowest BCUT2D eigenvalue weighted by Crippen LogP contribution is -2.39. The summed E-state index contributed by atoms with van der Waals surface area (Å²) in [7, 11) is 0. The molecular formula is C11H15N3. The molecule has 3 heteroatoms. The van der Waals surface area contributed by atoms with E-state index in [2.05, 4.69) is 34.3 Å². The van der Waals surface area contributed by atoms with Crippen molar-refractivity contribution in [3.05, 3.63) is 17.8 Å². The van der Waals surface area contributed by atoms with Gasteiger partial charge in [0.05, 0.1) is 5.69 Å². The topological polar surface area (TPSA) is 28.2 Å². The molecule has 2 aliphatic rings. The van der Waals surface area contributed by atoms with Gasteiger partial charge < -0.3 is 10.2 Å². The number of aryl methyl sites for hydroxylation is 1. The van der Waals surface area contributed by atoms with E-state index in [4.69, 9.17) is 0 Å². The predicted octanol–water partition coefficient (Wildman–Crippen LogP) is 1.78. The van der Waals surface area contributed by atoms with Crippen LogP contribution in [0.5, 0.6) is 0 Å². The number of hydrogen-bond acceptors (Lipinski definition) is 3. The summed E-state index contributed by atoms with van der Waals surface area (Å²) in [5.74, 6) is 1.17. The molecule has 1 saturated heterocycles. The van der Waals surface area contributed by atoms with Crippen molar-refractivity contribution in [2.45, 2.75) is 25.8 Å². The van der Waals surface area contributed by atoms with Gasteiger partial charge in [0.2, 0.25) is 0 Å².